The molecular formula is C39H41N3O6. The molecule has 0 unspecified atom stereocenters. The third kappa shape index (κ3) is 8.52. The molecule has 3 N–H and O–H groups in total. The third-order valence-corrected chi connectivity index (χ3v) is 7.09. The van der Waals surface area contributed by atoms with Crippen molar-refractivity contribution in [2.75, 3.05) is 23.7 Å². The van der Waals surface area contributed by atoms with E-state index in [1.54, 1.807) is 42.5 Å². The second-order valence-electron chi connectivity index (χ2n) is 10.1. The predicted molar refractivity (Wildman–Crippen MR) is 201 cm³/mol. The highest BCUT2D eigenvalue weighted by molar-refractivity contribution is 5.98. The zero-order valence-corrected chi connectivity index (χ0v) is 24.2. The number of hydrogen-bond donors (Lipinski definition) is 3. The Labute approximate surface area is 280 Å². The molecule has 0 radical (unpaired) electrons. The van der Waals surface area contributed by atoms with Crippen molar-refractivity contribution in [3.8, 4) is 16.9 Å². The van der Waals surface area contributed by atoms with Gasteiger partial charge in [0.05, 0.1) is 16.1 Å². The lowest BCUT2D eigenvalue weighted by Crippen LogP contribution is -2.03. The average molecular weight is 648 g/mol. The number of phenolic OH excluding ortho intramolecular Hbond substituents is 1. The highest BCUT2D eigenvalue weighted by Gasteiger charge is 2.11. The van der Waals surface area contributed by atoms with Crippen molar-refractivity contribution >= 4 is 55.9 Å². The minimum atomic E-state index is -0.485. The molecule has 9 nitrogen and oxygen atoms in total. The van der Waals surface area contributed by atoms with Gasteiger partial charge in [-0.25, -0.2) is 4.79 Å². The van der Waals surface area contributed by atoms with Gasteiger partial charge in [-0.1, -0.05) is 46.6 Å². The molecule has 0 spiro atoms. The van der Waals surface area contributed by atoms with Gasteiger partial charge < -0.3 is 20.2 Å². The monoisotopic (exact) mass is 647 g/mol. The summed E-state index contributed by atoms with van der Waals surface area (Å²) in [6.07, 6.45) is 4.21. The lowest BCUT2D eigenvalue weighted by atomic mass is 10.0. The van der Waals surface area contributed by atoms with Gasteiger partial charge in [-0.05, 0) is 93.8 Å². The Morgan fingerprint density at radius 1 is 0.729 bits per heavy atom. The fourth-order valence-corrected chi connectivity index (χ4v) is 4.83. The standard InChI is InChI=1S/C22H16N2O4.C14H13NO2.3CH4/c1-2-9-23-18-6-3-15-10-17-12-20(14-4-7-19(8-5-14)24(26)27)22(25)28-21(17)13-16(15)11-18;1-2-5-15-13-4-3-10-6-12(9-16)14(17)8-11(10)7-13;;;/h2-8,10-13,23H,1,9H2;2-4,6-9,15,17H,1,5H2;3*1H4. The van der Waals surface area contributed by atoms with Gasteiger partial charge in [-0.3, -0.25) is 14.9 Å². The smallest absolute Gasteiger partial charge is 0.344 e. The van der Waals surface area contributed by atoms with Crippen LogP contribution >= 0.6 is 0 Å². The molecule has 248 valence electrons. The number of carbonyl (C=O) groups excluding carboxylic acids is 1. The van der Waals surface area contributed by atoms with E-state index in [1.165, 1.54) is 12.1 Å². The number of nitrogens with zero attached hydrogens (tertiary/aromatic N) is 1. The number of nitro groups is 1. The number of nitrogens with one attached hydrogen (secondary N) is 2. The largest absolute Gasteiger partial charge is 0.507 e. The van der Waals surface area contributed by atoms with Crippen LogP contribution in [0.1, 0.15) is 32.6 Å². The number of phenols is 1. The first-order valence-corrected chi connectivity index (χ1v) is 14.0. The van der Waals surface area contributed by atoms with E-state index in [0.717, 1.165) is 38.3 Å². The first-order valence-electron chi connectivity index (χ1n) is 14.0. The molecule has 0 fully saturated rings. The van der Waals surface area contributed by atoms with E-state index in [2.05, 4.69) is 23.8 Å². The highest BCUT2D eigenvalue weighted by atomic mass is 16.6. The molecule has 0 aliphatic heterocycles. The Morgan fingerprint density at radius 3 is 1.83 bits per heavy atom. The van der Waals surface area contributed by atoms with Gasteiger partial charge in [0.2, 0.25) is 0 Å². The van der Waals surface area contributed by atoms with Crippen LogP contribution in [-0.2, 0) is 0 Å². The van der Waals surface area contributed by atoms with E-state index in [9.17, 15) is 24.8 Å². The zero-order valence-electron chi connectivity index (χ0n) is 24.2. The SMILES string of the molecule is C.C.C.C=CCNc1ccc2cc(C=O)c(O)cc2c1.C=CCNc1ccc2cc3cc(-c4ccc([N+](=O)[O-])cc4)c(=O)oc3cc2c1. The van der Waals surface area contributed by atoms with E-state index in [0.29, 0.717) is 41.6 Å². The second kappa shape index (κ2) is 16.9. The first-order chi connectivity index (χ1) is 21.8. The minimum absolute atomic E-state index is 0. The number of benzene rings is 5. The van der Waals surface area contributed by atoms with Crippen LogP contribution in [0.15, 0.2) is 126 Å². The fourth-order valence-electron chi connectivity index (χ4n) is 4.83. The number of rotatable bonds is 9. The second-order valence-corrected chi connectivity index (χ2v) is 10.1. The number of fused-ring (bicyclic) bond motifs is 3. The van der Waals surface area contributed by atoms with E-state index >= 15 is 0 Å². The van der Waals surface area contributed by atoms with Gasteiger partial charge >= 0.3 is 5.63 Å². The van der Waals surface area contributed by atoms with Crippen molar-refractivity contribution in [2.24, 2.45) is 0 Å². The number of nitro benzene ring substituents is 1. The van der Waals surface area contributed by atoms with Crippen molar-refractivity contribution in [3.63, 3.8) is 0 Å². The Balaban J connectivity index is 0.000000348. The summed E-state index contributed by atoms with van der Waals surface area (Å²) < 4.78 is 5.53. The summed E-state index contributed by atoms with van der Waals surface area (Å²) >= 11 is 0. The fraction of sp³-hybridized carbons (Fsp3) is 0.128. The number of hydrogen-bond acceptors (Lipinski definition) is 8. The van der Waals surface area contributed by atoms with Crippen LogP contribution in [0.5, 0.6) is 5.75 Å². The summed E-state index contributed by atoms with van der Waals surface area (Å²) in [5, 5.41) is 31.4. The van der Waals surface area contributed by atoms with Gasteiger partial charge in [0.1, 0.15) is 11.3 Å². The molecule has 0 saturated carbocycles. The molecule has 0 amide bonds. The maximum atomic E-state index is 12.5. The molecule has 5 aromatic carbocycles. The van der Waals surface area contributed by atoms with Gasteiger partial charge in [0, 0.05) is 42.0 Å². The molecule has 6 rings (SSSR count). The summed E-state index contributed by atoms with van der Waals surface area (Å²) in [6.45, 7) is 8.67. The molecule has 9 heteroatoms. The number of carbonyl (C=O) groups is 1. The molecule has 48 heavy (non-hydrogen) atoms. The van der Waals surface area contributed by atoms with E-state index in [1.807, 2.05) is 48.5 Å². The molecule has 0 saturated heterocycles. The topological polar surface area (TPSA) is 135 Å². The van der Waals surface area contributed by atoms with Crippen molar-refractivity contribution in [1.82, 2.24) is 0 Å². The minimum Gasteiger partial charge on any atom is -0.507 e. The van der Waals surface area contributed by atoms with E-state index in [-0.39, 0.29) is 33.7 Å². The molecular weight excluding hydrogens is 606 g/mol. The van der Waals surface area contributed by atoms with Gasteiger partial charge in [0.15, 0.2) is 6.29 Å². The molecule has 0 atom stereocenters. The van der Waals surface area contributed by atoms with Crippen LogP contribution in [0.4, 0.5) is 17.1 Å². The van der Waals surface area contributed by atoms with E-state index < -0.39 is 10.5 Å². The number of non-ortho nitro benzene ring substituents is 1. The summed E-state index contributed by atoms with van der Waals surface area (Å²) in [7, 11) is 0. The third-order valence-electron chi connectivity index (χ3n) is 7.09. The quantitative estimate of drug-likeness (QED) is 0.0352. The Hall–Kier alpha value is -6.22. The normalized spacial score (nSPS) is 9.92. The van der Waals surface area contributed by atoms with E-state index in [4.69, 9.17) is 4.42 Å². The summed E-state index contributed by atoms with van der Waals surface area (Å²) in [6, 6.07) is 26.4. The van der Waals surface area contributed by atoms with Crippen molar-refractivity contribution < 1.29 is 19.2 Å². The van der Waals surface area contributed by atoms with Crippen LogP contribution < -0.4 is 16.3 Å². The van der Waals surface area contributed by atoms with Gasteiger partial charge in [-0.15, -0.1) is 13.2 Å². The lowest BCUT2D eigenvalue weighted by Gasteiger charge is -2.07. The van der Waals surface area contributed by atoms with Gasteiger partial charge in [0.25, 0.3) is 5.69 Å². The van der Waals surface area contributed by atoms with Crippen molar-refractivity contribution in [2.45, 2.75) is 22.3 Å². The maximum absolute atomic E-state index is 12.5. The van der Waals surface area contributed by atoms with Crippen molar-refractivity contribution in [1.29, 1.82) is 0 Å². The molecule has 0 bridgehead atoms. The molecule has 0 aliphatic carbocycles. The summed E-state index contributed by atoms with van der Waals surface area (Å²) in [5.74, 6) is 0.00775. The first kappa shape index (κ1) is 38.0. The molecule has 1 aromatic heterocycles. The van der Waals surface area contributed by atoms with Crippen LogP contribution in [-0.4, -0.2) is 29.4 Å². The predicted octanol–water partition coefficient (Wildman–Crippen LogP) is 9.98. The van der Waals surface area contributed by atoms with Crippen LogP contribution in [0, 0.1) is 10.1 Å². The Kier molecular flexibility index (Phi) is 13.4. The molecule has 0 aliphatic rings. The Morgan fingerprint density at radius 2 is 1.29 bits per heavy atom. The number of aldehydes is 1. The van der Waals surface area contributed by atoms with Crippen LogP contribution in [0.3, 0.4) is 0 Å². The van der Waals surface area contributed by atoms with Crippen LogP contribution in [0.25, 0.3) is 43.6 Å². The summed E-state index contributed by atoms with van der Waals surface area (Å²) in [5.41, 5.74) is 3.14. The molecule has 1 heterocycles. The lowest BCUT2D eigenvalue weighted by molar-refractivity contribution is -0.384. The number of aromatic hydroxyl groups is 1. The zero-order chi connectivity index (χ0) is 31.9. The number of anilines is 2. The van der Waals surface area contributed by atoms with Crippen molar-refractivity contribution in [3.05, 3.63) is 142 Å². The van der Waals surface area contributed by atoms with Gasteiger partial charge in [-0.2, -0.15) is 0 Å². The maximum Gasteiger partial charge on any atom is 0.344 e. The Bertz CT molecular complexity index is 2140. The van der Waals surface area contributed by atoms with Crippen LogP contribution in [0.2, 0.25) is 0 Å². The average Bonchev–Trinajstić information content (AvgIpc) is 3.05. The summed E-state index contributed by atoms with van der Waals surface area (Å²) in [4.78, 5) is 33.5. The highest BCUT2D eigenvalue weighted by Crippen LogP contribution is 2.29. The molecule has 6 aromatic rings.